The first kappa shape index (κ1) is 58.7. The Morgan fingerprint density at radius 1 is 0.918 bits per heavy atom. The second kappa shape index (κ2) is 27.8. The quantitative estimate of drug-likeness (QED) is 0.0248. The van der Waals surface area contributed by atoms with Gasteiger partial charge in [0.15, 0.2) is 0 Å². The smallest absolute Gasteiger partial charge is 0.428 e. The number of urea groups is 1. The van der Waals surface area contributed by atoms with Gasteiger partial charge in [-0.2, -0.15) is 0 Å². The van der Waals surface area contributed by atoms with Crippen LogP contribution in [0.1, 0.15) is 97.0 Å². The Balaban J connectivity index is 1.49. The number of nitrogens with two attached hydrogens (primary N) is 2. The van der Waals surface area contributed by atoms with Crippen LogP contribution in [-0.4, -0.2) is 135 Å². The molecule has 73 heavy (non-hydrogen) atoms. The third-order valence-corrected chi connectivity index (χ3v) is 11.9. The summed E-state index contributed by atoms with van der Waals surface area (Å²) in [6, 6.07) is 7.26. The molecule has 4 rings (SSSR count). The molecule has 2 aromatic carbocycles. The number of carbonyl (C=O) groups is 7. The molecule has 2 heterocycles. The Kier molecular flexibility index (Phi) is 22.4. The van der Waals surface area contributed by atoms with Gasteiger partial charge in [0, 0.05) is 69.6 Å². The van der Waals surface area contributed by atoms with Crippen molar-refractivity contribution in [1.29, 1.82) is 0 Å². The van der Waals surface area contributed by atoms with E-state index in [-0.39, 0.29) is 63.1 Å². The van der Waals surface area contributed by atoms with Crippen molar-refractivity contribution in [2.75, 3.05) is 40.0 Å². The lowest BCUT2D eigenvalue weighted by molar-refractivity contribution is -0.137. The van der Waals surface area contributed by atoms with Gasteiger partial charge in [0.05, 0.1) is 11.7 Å². The summed E-state index contributed by atoms with van der Waals surface area (Å²) in [5, 5.41) is 20.4. The maximum absolute atomic E-state index is 15.3. The topological polar surface area (TPSA) is 277 Å². The molecule has 400 valence electrons. The molecule has 8 amide bonds. The highest BCUT2D eigenvalue weighted by Gasteiger charge is 2.40. The molecular weight excluding hydrogens is 956 g/mol. The van der Waals surface area contributed by atoms with Crippen molar-refractivity contribution in [2.45, 2.75) is 117 Å². The fraction of sp³-hybridized carbons (Fsp3) is 0.520. The van der Waals surface area contributed by atoms with Crippen molar-refractivity contribution >= 4 is 41.7 Å². The molecule has 0 saturated heterocycles. The highest BCUT2D eigenvalue weighted by Crippen LogP contribution is 2.40. The van der Waals surface area contributed by atoms with Crippen LogP contribution in [0.15, 0.2) is 66.9 Å². The van der Waals surface area contributed by atoms with Crippen LogP contribution in [0.5, 0.6) is 0 Å². The molecular formula is C50H70F3N11O9. The van der Waals surface area contributed by atoms with E-state index >= 15 is 4.39 Å². The summed E-state index contributed by atoms with van der Waals surface area (Å²) in [5.74, 6) is -4.35. The van der Waals surface area contributed by atoms with E-state index in [2.05, 4.69) is 21.4 Å². The fourth-order valence-corrected chi connectivity index (χ4v) is 8.09. The molecule has 3 aromatic rings. The first-order valence-corrected chi connectivity index (χ1v) is 24.2. The van der Waals surface area contributed by atoms with Crippen LogP contribution in [0.4, 0.5) is 22.8 Å². The van der Waals surface area contributed by atoms with Gasteiger partial charge in [-0.05, 0) is 67.2 Å². The normalized spacial score (nSPS) is 14.7. The third-order valence-electron chi connectivity index (χ3n) is 11.9. The number of nitrogens with zero attached hydrogens (tertiary/aromatic N) is 5. The maximum Gasteiger partial charge on any atom is 0.428 e. The third kappa shape index (κ3) is 18.0. The van der Waals surface area contributed by atoms with Crippen molar-refractivity contribution in [2.24, 2.45) is 22.8 Å². The van der Waals surface area contributed by atoms with Gasteiger partial charge >= 0.3 is 12.1 Å². The zero-order chi connectivity index (χ0) is 54.0. The SMILES string of the molecule is CC(C)[C@H](NC(=O)CCCCCN1C(=O)C=CC1=O)C(=O)N[C@@H](CCCNC(N)=O)C(=O)NN(C)C(=O)OCC(O)N(CC[C@H](N)CF)[C@@H](c1nc(-c2cc(F)ccc2F)cn1Cc1ccccc1)C(C)(C)C. The number of unbranched alkanes of at least 4 members (excludes halogenated alkanes) is 2. The summed E-state index contributed by atoms with van der Waals surface area (Å²) in [6.45, 7) is 7.80. The molecule has 1 aliphatic heterocycles. The van der Waals surface area contributed by atoms with Crippen molar-refractivity contribution in [1.82, 2.24) is 45.7 Å². The van der Waals surface area contributed by atoms with Gasteiger partial charge in [-0.3, -0.25) is 39.2 Å². The minimum absolute atomic E-state index is 0.0312. The summed E-state index contributed by atoms with van der Waals surface area (Å²) in [6.07, 6.45) is 2.77. The van der Waals surface area contributed by atoms with E-state index in [1.54, 1.807) is 24.6 Å². The molecule has 1 unspecified atom stereocenters. The van der Waals surface area contributed by atoms with Gasteiger partial charge in [-0.25, -0.2) is 32.8 Å². The van der Waals surface area contributed by atoms with Gasteiger partial charge in [0.25, 0.3) is 17.7 Å². The number of carbonyl (C=O) groups excluding carboxylic acids is 7. The second-order valence-electron chi connectivity index (χ2n) is 19.3. The number of rotatable bonds is 27. The summed E-state index contributed by atoms with van der Waals surface area (Å²) in [4.78, 5) is 96.4. The zero-order valence-corrected chi connectivity index (χ0v) is 42.2. The van der Waals surface area contributed by atoms with Crippen molar-refractivity contribution in [3.63, 3.8) is 0 Å². The van der Waals surface area contributed by atoms with Gasteiger partial charge in [0.1, 0.15) is 49.1 Å². The first-order valence-electron chi connectivity index (χ1n) is 24.2. The predicted octanol–water partition coefficient (Wildman–Crippen LogP) is 3.93. The monoisotopic (exact) mass is 1030 g/mol. The molecule has 0 radical (unpaired) electrons. The lowest BCUT2D eigenvalue weighted by Gasteiger charge is -2.42. The van der Waals surface area contributed by atoms with Gasteiger partial charge < -0.3 is 41.8 Å². The number of primary amides is 1. The second-order valence-corrected chi connectivity index (χ2v) is 19.3. The maximum atomic E-state index is 15.3. The molecule has 1 aromatic heterocycles. The highest BCUT2D eigenvalue weighted by molar-refractivity contribution is 6.12. The molecule has 0 bridgehead atoms. The number of imidazole rings is 1. The molecule has 1 aliphatic rings. The number of aromatic nitrogens is 2. The van der Waals surface area contributed by atoms with Gasteiger partial charge in [0.2, 0.25) is 11.8 Å². The lowest BCUT2D eigenvalue weighted by Crippen LogP contribution is -2.57. The number of halogens is 3. The predicted molar refractivity (Wildman–Crippen MR) is 264 cm³/mol. The van der Waals surface area contributed by atoms with Crippen LogP contribution in [0, 0.1) is 23.0 Å². The Morgan fingerprint density at radius 3 is 2.23 bits per heavy atom. The van der Waals surface area contributed by atoms with E-state index in [1.807, 2.05) is 51.1 Å². The minimum Gasteiger partial charge on any atom is -0.444 e. The largest absolute Gasteiger partial charge is 0.444 e. The zero-order valence-electron chi connectivity index (χ0n) is 42.2. The van der Waals surface area contributed by atoms with E-state index in [1.165, 1.54) is 24.1 Å². The van der Waals surface area contributed by atoms with Crippen LogP contribution < -0.4 is 32.8 Å². The summed E-state index contributed by atoms with van der Waals surface area (Å²) >= 11 is 0. The Morgan fingerprint density at radius 2 is 1.60 bits per heavy atom. The summed E-state index contributed by atoms with van der Waals surface area (Å²) in [7, 11) is 1.17. The number of alkyl halides is 1. The van der Waals surface area contributed by atoms with Gasteiger partial charge in [-0.15, -0.1) is 0 Å². The molecule has 23 heteroatoms. The van der Waals surface area contributed by atoms with Gasteiger partial charge in [-0.1, -0.05) is 71.4 Å². The van der Waals surface area contributed by atoms with Crippen LogP contribution in [0.3, 0.4) is 0 Å². The summed E-state index contributed by atoms with van der Waals surface area (Å²) < 4.78 is 50.8. The Labute approximate surface area is 423 Å². The summed E-state index contributed by atoms with van der Waals surface area (Å²) in [5.41, 5.74) is 13.6. The standard InChI is InChI=1S/C50H70F3N11O9/c1-31(2)43(59-39(65)17-11-8-12-24-63-40(66)20-21-41(63)67)47(70)58-37(16-13-23-56-48(55)71)46(69)60-61(6)49(72)73-30-42(68)64(25-22-34(54)27-51)44(50(3,4)5)45-57-38(35-26-33(52)18-19-36(35)53)29-62(45)28-32-14-9-7-10-15-32/h7,9-10,14-15,18-21,26,29,31,34,37,42-44,68H,8,11-13,16-17,22-25,27-28,30,54H2,1-6H3,(H,58,70)(H,59,65)(H,60,69)(H3,55,56,71)/t34-,37-,42?,43-,44-/m0/s1. The van der Waals surface area contributed by atoms with Crippen LogP contribution in [0.25, 0.3) is 11.3 Å². The number of nitrogens with one attached hydrogen (secondary N) is 4. The highest BCUT2D eigenvalue weighted by atomic mass is 19.1. The molecule has 0 saturated carbocycles. The number of benzene rings is 2. The van der Waals surface area contributed by atoms with E-state index < -0.39 is 108 Å². The average Bonchev–Trinajstić information content (AvgIpc) is 3.89. The molecule has 0 fully saturated rings. The number of aliphatic hydroxyl groups is 1. The Bertz CT molecular complexity index is 2380. The van der Waals surface area contributed by atoms with Crippen LogP contribution in [-0.2, 0) is 35.3 Å². The van der Waals surface area contributed by atoms with E-state index in [0.717, 1.165) is 28.7 Å². The van der Waals surface area contributed by atoms with E-state index in [9.17, 15) is 47.4 Å². The number of aliphatic hydroxyl groups excluding tert-OH is 1. The van der Waals surface area contributed by atoms with Crippen molar-refractivity contribution < 1.29 is 56.6 Å². The average molecular weight is 1030 g/mol. The number of ether oxygens (including phenoxy) is 1. The Hall–Kier alpha value is -6.85. The number of hydrogen-bond acceptors (Lipinski definition) is 12. The first-order chi connectivity index (χ1) is 34.5. The molecule has 0 spiro atoms. The van der Waals surface area contributed by atoms with Crippen molar-refractivity contribution in [3.05, 3.63) is 89.9 Å². The fourth-order valence-electron chi connectivity index (χ4n) is 8.09. The van der Waals surface area contributed by atoms with Crippen molar-refractivity contribution in [3.8, 4) is 11.3 Å². The number of imide groups is 1. The molecule has 5 atom stereocenters. The number of hydrogen-bond donors (Lipinski definition) is 7. The lowest BCUT2D eigenvalue weighted by atomic mass is 9.84. The minimum atomic E-state index is -1.61. The van der Waals surface area contributed by atoms with E-state index in [4.69, 9.17) is 21.2 Å². The number of hydrazine groups is 1. The van der Waals surface area contributed by atoms with Crippen LogP contribution in [0.2, 0.25) is 0 Å². The number of amides is 8. The molecule has 20 nitrogen and oxygen atoms in total. The van der Waals surface area contributed by atoms with E-state index in [0.29, 0.717) is 30.1 Å². The van der Waals surface area contributed by atoms with Crippen LogP contribution >= 0.6 is 0 Å². The molecule has 0 aliphatic carbocycles. The molecule has 9 N–H and O–H groups in total.